The minimum Gasteiger partial charge on any atom is -0.393 e. The molecule has 0 aromatic rings. The zero-order valence-corrected chi connectivity index (χ0v) is 13.9. The largest absolute Gasteiger partial charge is 0.393 e. The van der Waals surface area contributed by atoms with Crippen molar-refractivity contribution in [3.8, 4) is 0 Å². The second-order valence-corrected chi connectivity index (χ2v) is 9.08. The molecule has 4 saturated carbocycles. The maximum atomic E-state index is 12.4. The van der Waals surface area contributed by atoms with Crippen molar-refractivity contribution in [1.82, 2.24) is 0 Å². The lowest BCUT2D eigenvalue weighted by atomic mass is 9.44. The van der Waals surface area contributed by atoms with Gasteiger partial charge in [0.2, 0.25) is 0 Å². The van der Waals surface area contributed by atoms with E-state index >= 15 is 0 Å². The summed E-state index contributed by atoms with van der Waals surface area (Å²) >= 11 is 0. The minimum absolute atomic E-state index is 0.161. The zero-order chi connectivity index (χ0) is 15.7. The lowest BCUT2D eigenvalue weighted by Crippen LogP contribution is -2.60. The van der Waals surface area contributed by atoms with Crippen molar-refractivity contribution in [2.24, 2.45) is 34.5 Å². The molecular formula is C19H30O3. The first kappa shape index (κ1) is 15.1. The van der Waals surface area contributed by atoms with Gasteiger partial charge in [0.05, 0.1) is 12.2 Å². The van der Waals surface area contributed by atoms with E-state index in [0.29, 0.717) is 24.0 Å². The van der Waals surface area contributed by atoms with Crippen LogP contribution < -0.4 is 0 Å². The summed E-state index contributed by atoms with van der Waals surface area (Å²) in [5.74, 6) is 1.81. The van der Waals surface area contributed by atoms with Crippen LogP contribution >= 0.6 is 0 Å². The third-order valence-corrected chi connectivity index (χ3v) is 8.36. The van der Waals surface area contributed by atoms with E-state index in [1.807, 2.05) is 0 Å². The Hall–Kier alpha value is -0.410. The van der Waals surface area contributed by atoms with Crippen LogP contribution in [-0.2, 0) is 4.79 Å². The molecule has 4 fully saturated rings. The topological polar surface area (TPSA) is 57.5 Å². The van der Waals surface area contributed by atoms with Crippen molar-refractivity contribution in [2.75, 3.05) is 0 Å². The molecule has 0 aromatic heterocycles. The van der Waals surface area contributed by atoms with Crippen molar-refractivity contribution >= 4 is 5.78 Å². The van der Waals surface area contributed by atoms with Gasteiger partial charge in [0, 0.05) is 11.8 Å². The molecule has 3 nitrogen and oxygen atoms in total. The average Bonchev–Trinajstić information content (AvgIpc) is 2.77. The monoisotopic (exact) mass is 306 g/mol. The van der Waals surface area contributed by atoms with E-state index in [1.165, 1.54) is 6.42 Å². The smallest absolute Gasteiger partial charge is 0.139 e. The van der Waals surface area contributed by atoms with Gasteiger partial charge in [0.25, 0.3) is 0 Å². The first-order valence-electron chi connectivity index (χ1n) is 9.27. The quantitative estimate of drug-likeness (QED) is 0.723. The van der Waals surface area contributed by atoms with E-state index in [9.17, 15) is 15.0 Å². The van der Waals surface area contributed by atoms with Gasteiger partial charge in [-0.25, -0.2) is 0 Å². The Balaban J connectivity index is 1.71. The Labute approximate surface area is 133 Å². The summed E-state index contributed by atoms with van der Waals surface area (Å²) in [4.78, 5) is 12.4. The van der Waals surface area contributed by atoms with Gasteiger partial charge in [0.15, 0.2) is 0 Å². The number of hydrogen-bond acceptors (Lipinski definition) is 3. The predicted octanol–water partition coefficient (Wildman–Crippen LogP) is 2.93. The maximum Gasteiger partial charge on any atom is 0.139 e. The summed E-state index contributed by atoms with van der Waals surface area (Å²) in [5, 5.41) is 21.4. The van der Waals surface area contributed by atoms with E-state index in [0.717, 1.165) is 38.5 Å². The molecule has 22 heavy (non-hydrogen) atoms. The second-order valence-electron chi connectivity index (χ2n) is 9.08. The van der Waals surface area contributed by atoms with Crippen molar-refractivity contribution in [3.63, 3.8) is 0 Å². The van der Waals surface area contributed by atoms with Crippen LogP contribution in [0, 0.1) is 34.5 Å². The summed E-state index contributed by atoms with van der Waals surface area (Å²) < 4.78 is 0. The first-order chi connectivity index (χ1) is 10.4. The van der Waals surface area contributed by atoms with Crippen LogP contribution in [0.4, 0.5) is 0 Å². The van der Waals surface area contributed by atoms with E-state index in [4.69, 9.17) is 0 Å². The van der Waals surface area contributed by atoms with E-state index in [-0.39, 0.29) is 34.9 Å². The van der Waals surface area contributed by atoms with Crippen LogP contribution in [0.2, 0.25) is 0 Å². The molecule has 0 amide bonds. The highest BCUT2D eigenvalue weighted by Gasteiger charge is 2.63. The highest BCUT2D eigenvalue weighted by molar-refractivity contribution is 5.87. The molecule has 0 radical (unpaired) electrons. The van der Waals surface area contributed by atoms with E-state index in [1.54, 1.807) is 0 Å². The van der Waals surface area contributed by atoms with Crippen LogP contribution in [0.25, 0.3) is 0 Å². The molecule has 0 saturated heterocycles. The number of carbonyl (C=O) groups excluding carboxylic acids is 1. The fraction of sp³-hybridized carbons (Fsp3) is 0.947. The van der Waals surface area contributed by atoms with Gasteiger partial charge in [-0.1, -0.05) is 20.3 Å². The molecule has 0 bridgehead atoms. The van der Waals surface area contributed by atoms with Gasteiger partial charge in [-0.2, -0.15) is 0 Å². The summed E-state index contributed by atoms with van der Waals surface area (Å²) in [5.41, 5.74) is -0.0207. The average molecular weight is 306 g/mol. The Morgan fingerprint density at radius 2 is 1.73 bits per heavy atom. The van der Waals surface area contributed by atoms with Crippen LogP contribution in [0.15, 0.2) is 0 Å². The first-order valence-corrected chi connectivity index (χ1v) is 9.27. The SMILES string of the molecule is CC12CCC3C(C(O)CC4C(O)CCCC43C)C1CCC2=O. The Morgan fingerprint density at radius 3 is 2.50 bits per heavy atom. The Morgan fingerprint density at radius 1 is 0.955 bits per heavy atom. The highest BCUT2D eigenvalue weighted by Crippen LogP contribution is 2.65. The number of aliphatic hydroxyl groups is 2. The van der Waals surface area contributed by atoms with Crippen LogP contribution in [0.1, 0.15) is 65.2 Å². The zero-order valence-electron chi connectivity index (χ0n) is 13.9. The molecular weight excluding hydrogens is 276 g/mol. The van der Waals surface area contributed by atoms with Gasteiger partial charge in [-0.15, -0.1) is 0 Å². The van der Waals surface area contributed by atoms with Gasteiger partial charge in [0.1, 0.15) is 5.78 Å². The summed E-state index contributed by atoms with van der Waals surface area (Å²) in [6, 6.07) is 0. The number of hydrogen-bond donors (Lipinski definition) is 2. The normalized spacial score (nSPS) is 57.9. The number of rotatable bonds is 0. The lowest BCUT2D eigenvalue weighted by molar-refractivity contribution is -0.183. The molecule has 8 unspecified atom stereocenters. The van der Waals surface area contributed by atoms with E-state index < -0.39 is 0 Å². The highest BCUT2D eigenvalue weighted by atomic mass is 16.3. The maximum absolute atomic E-state index is 12.4. The number of fused-ring (bicyclic) bond motifs is 5. The van der Waals surface area contributed by atoms with Crippen molar-refractivity contribution < 1.29 is 15.0 Å². The molecule has 124 valence electrons. The standard InChI is InChI=1S/C19H30O3/c1-18-8-3-4-14(20)13(18)10-15(21)17-11-5-6-16(22)19(11,2)9-7-12(17)18/h11-15,17,20-21H,3-10H2,1-2H3. The van der Waals surface area contributed by atoms with Crippen LogP contribution in [0.3, 0.4) is 0 Å². The van der Waals surface area contributed by atoms with Crippen molar-refractivity contribution in [1.29, 1.82) is 0 Å². The minimum atomic E-state index is -0.327. The molecule has 8 atom stereocenters. The Kier molecular flexibility index (Phi) is 3.30. The molecule has 4 aliphatic rings. The molecule has 0 spiro atoms. The van der Waals surface area contributed by atoms with Crippen molar-refractivity contribution in [3.05, 3.63) is 0 Å². The lowest BCUT2D eigenvalue weighted by Gasteiger charge is -2.61. The molecule has 0 aliphatic heterocycles. The third kappa shape index (κ3) is 1.78. The molecule has 3 heteroatoms. The summed E-state index contributed by atoms with van der Waals surface area (Å²) in [7, 11) is 0. The van der Waals surface area contributed by atoms with Crippen molar-refractivity contribution in [2.45, 2.75) is 77.4 Å². The summed E-state index contributed by atoms with van der Waals surface area (Å²) in [6.07, 6.45) is 7.07. The molecule has 2 N–H and O–H groups in total. The number of ketones is 1. The van der Waals surface area contributed by atoms with Crippen LogP contribution in [-0.4, -0.2) is 28.2 Å². The van der Waals surface area contributed by atoms with Gasteiger partial charge < -0.3 is 10.2 Å². The number of aliphatic hydroxyl groups excluding tert-OH is 2. The molecule has 0 aromatic carbocycles. The Bertz CT molecular complexity index is 489. The molecule has 4 rings (SSSR count). The van der Waals surface area contributed by atoms with Gasteiger partial charge >= 0.3 is 0 Å². The predicted molar refractivity (Wildman–Crippen MR) is 84.1 cm³/mol. The summed E-state index contributed by atoms with van der Waals surface area (Å²) in [6.45, 7) is 4.52. The molecule has 4 aliphatic carbocycles. The fourth-order valence-electron chi connectivity index (χ4n) is 7.10. The fourth-order valence-corrected chi connectivity index (χ4v) is 7.10. The number of carbonyl (C=O) groups is 1. The molecule has 0 heterocycles. The third-order valence-electron chi connectivity index (χ3n) is 8.36. The van der Waals surface area contributed by atoms with Gasteiger partial charge in [-0.05, 0) is 67.6 Å². The van der Waals surface area contributed by atoms with Crippen LogP contribution in [0.5, 0.6) is 0 Å². The number of Topliss-reactive ketones (excluding diaryl/α,β-unsaturated/α-hetero) is 1. The second kappa shape index (κ2) is 4.80. The van der Waals surface area contributed by atoms with Gasteiger partial charge in [-0.3, -0.25) is 4.79 Å². The van der Waals surface area contributed by atoms with E-state index in [2.05, 4.69) is 13.8 Å².